The molecule has 0 unspecified atom stereocenters. The van der Waals surface area contributed by atoms with Gasteiger partial charge in [-0.3, -0.25) is 4.79 Å². The molecule has 0 atom stereocenters. The van der Waals surface area contributed by atoms with E-state index in [-0.39, 0.29) is 17.9 Å². The Hall–Kier alpha value is -2.29. The predicted molar refractivity (Wildman–Crippen MR) is 95.2 cm³/mol. The van der Waals surface area contributed by atoms with Gasteiger partial charge in [0.2, 0.25) is 0 Å². The Kier molecular flexibility index (Phi) is 5.09. The van der Waals surface area contributed by atoms with Crippen LogP contribution in [-0.2, 0) is 10.2 Å². The third-order valence-corrected chi connectivity index (χ3v) is 3.72. The Balaban J connectivity index is 2.07. The zero-order valence-electron chi connectivity index (χ0n) is 14.6. The van der Waals surface area contributed by atoms with Crippen molar-refractivity contribution in [2.75, 3.05) is 11.9 Å². The lowest BCUT2D eigenvalue weighted by atomic mass is 9.86. The highest BCUT2D eigenvalue weighted by Crippen LogP contribution is 2.32. The molecule has 23 heavy (non-hydrogen) atoms. The molecule has 3 nitrogen and oxygen atoms in total. The summed E-state index contributed by atoms with van der Waals surface area (Å²) in [5.41, 5.74) is 4.04. The number of carbonyl (C=O) groups is 1. The van der Waals surface area contributed by atoms with Crippen LogP contribution in [0.25, 0.3) is 0 Å². The van der Waals surface area contributed by atoms with E-state index in [4.69, 9.17) is 4.74 Å². The van der Waals surface area contributed by atoms with Crippen molar-refractivity contribution in [3.63, 3.8) is 0 Å². The third kappa shape index (κ3) is 4.59. The highest BCUT2D eigenvalue weighted by molar-refractivity contribution is 5.92. The van der Waals surface area contributed by atoms with E-state index < -0.39 is 0 Å². The molecule has 0 aliphatic carbocycles. The molecule has 3 heteroatoms. The maximum atomic E-state index is 12.1. The summed E-state index contributed by atoms with van der Waals surface area (Å²) >= 11 is 0. The van der Waals surface area contributed by atoms with Crippen LogP contribution in [0.4, 0.5) is 5.69 Å². The fraction of sp³-hybridized carbons (Fsp3) is 0.350. The van der Waals surface area contributed by atoms with Crippen LogP contribution in [0.3, 0.4) is 0 Å². The maximum Gasteiger partial charge on any atom is 0.262 e. The molecule has 1 N–H and O–H groups in total. The molecular formula is C20H25NO2. The molecule has 2 aromatic rings. The van der Waals surface area contributed by atoms with E-state index in [1.165, 1.54) is 0 Å². The van der Waals surface area contributed by atoms with Gasteiger partial charge in [-0.2, -0.15) is 0 Å². The SMILES string of the molecule is Cc1ccc(C(C)(C)C)c(OCC(=O)Nc2ccccc2C)c1. The zero-order chi connectivity index (χ0) is 17.0. The van der Waals surface area contributed by atoms with Gasteiger partial charge in [-0.1, -0.05) is 51.1 Å². The molecule has 2 rings (SSSR count). The number of carbonyl (C=O) groups excluding carboxylic acids is 1. The highest BCUT2D eigenvalue weighted by atomic mass is 16.5. The molecule has 122 valence electrons. The summed E-state index contributed by atoms with van der Waals surface area (Å²) in [6.07, 6.45) is 0. The van der Waals surface area contributed by atoms with Crippen LogP contribution in [0.1, 0.15) is 37.5 Å². The minimum atomic E-state index is -0.152. The summed E-state index contributed by atoms with van der Waals surface area (Å²) in [7, 11) is 0. The number of hydrogen-bond donors (Lipinski definition) is 1. The largest absolute Gasteiger partial charge is 0.483 e. The molecule has 0 saturated carbocycles. The average Bonchev–Trinajstić information content (AvgIpc) is 2.46. The van der Waals surface area contributed by atoms with E-state index in [0.29, 0.717) is 0 Å². The van der Waals surface area contributed by atoms with Gasteiger partial charge >= 0.3 is 0 Å². The lowest BCUT2D eigenvalue weighted by Crippen LogP contribution is -2.22. The normalized spacial score (nSPS) is 11.2. The summed E-state index contributed by atoms with van der Waals surface area (Å²) in [5.74, 6) is 0.623. The van der Waals surface area contributed by atoms with Crippen molar-refractivity contribution in [3.05, 3.63) is 59.2 Å². The number of rotatable bonds is 4. The number of para-hydroxylation sites is 1. The van der Waals surface area contributed by atoms with Crippen molar-refractivity contribution < 1.29 is 9.53 Å². The van der Waals surface area contributed by atoms with Crippen LogP contribution in [0.2, 0.25) is 0 Å². The van der Waals surface area contributed by atoms with E-state index in [1.54, 1.807) is 0 Å². The summed E-state index contributed by atoms with van der Waals surface area (Å²) in [6.45, 7) is 10.4. The quantitative estimate of drug-likeness (QED) is 0.895. The molecule has 0 heterocycles. The van der Waals surface area contributed by atoms with E-state index in [0.717, 1.165) is 28.1 Å². The van der Waals surface area contributed by atoms with Crippen LogP contribution in [-0.4, -0.2) is 12.5 Å². The monoisotopic (exact) mass is 311 g/mol. The van der Waals surface area contributed by atoms with Crippen LogP contribution in [0, 0.1) is 13.8 Å². The fourth-order valence-corrected chi connectivity index (χ4v) is 2.41. The van der Waals surface area contributed by atoms with Crippen molar-refractivity contribution in [1.29, 1.82) is 0 Å². The molecule has 0 aliphatic rings. The van der Waals surface area contributed by atoms with Gasteiger partial charge in [0.25, 0.3) is 5.91 Å². The van der Waals surface area contributed by atoms with Crippen molar-refractivity contribution in [2.24, 2.45) is 0 Å². The number of aryl methyl sites for hydroxylation is 2. The lowest BCUT2D eigenvalue weighted by Gasteiger charge is -2.23. The first kappa shape index (κ1) is 17.1. The molecule has 0 bridgehead atoms. The first-order chi connectivity index (χ1) is 10.8. The van der Waals surface area contributed by atoms with Gasteiger partial charge in [0.1, 0.15) is 5.75 Å². The number of amides is 1. The van der Waals surface area contributed by atoms with E-state index >= 15 is 0 Å². The van der Waals surface area contributed by atoms with Gasteiger partial charge in [0.05, 0.1) is 0 Å². The minimum absolute atomic E-state index is 0.000861. The van der Waals surface area contributed by atoms with Crippen molar-refractivity contribution in [1.82, 2.24) is 0 Å². The molecule has 2 aromatic carbocycles. The Morgan fingerprint density at radius 3 is 2.43 bits per heavy atom. The molecule has 1 amide bonds. The topological polar surface area (TPSA) is 38.3 Å². The van der Waals surface area contributed by atoms with Crippen LogP contribution in [0.5, 0.6) is 5.75 Å². The summed E-state index contributed by atoms with van der Waals surface area (Å²) < 4.78 is 5.81. The van der Waals surface area contributed by atoms with Crippen molar-refractivity contribution >= 4 is 11.6 Å². The third-order valence-electron chi connectivity index (χ3n) is 3.72. The highest BCUT2D eigenvalue weighted by Gasteiger charge is 2.19. The Bertz CT molecular complexity index is 699. The first-order valence-electron chi connectivity index (χ1n) is 7.87. The Labute approximate surface area is 138 Å². The number of nitrogens with one attached hydrogen (secondary N) is 1. The number of hydrogen-bond acceptors (Lipinski definition) is 2. The number of benzene rings is 2. The summed E-state index contributed by atoms with van der Waals surface area (Å²) in [5, 5.41) is 2.89. The maximum absolute atomic E-state index is 12.1. The summed E-state index contributed by atoms with van der Waals surface area (Å²) in [4.78, 5) is 12.1. The first-order valence-corrected chi connectivity index (χ1v) is 7.87. The van der Waals surface area contributed by atoms with Gasteiger partial charge < -0.3 is 10.1 Å². The van der Waals surface area contributed by atoms with E-state index in [2.05, 4.69) is 38.2 Å². The second-order valence-corrected chi connectivity index (χ2v) is 6.90. The van der Waals surface area contributed by atoms with Gasteiger partial charge in [0, 0.05) is 5.69 Å². The van der Waals surface area contributed by atoms with Crippen molar-refractivity contribution in [3.8, 4) is 5.75 Å². The summed E-state index contributed by atoms with van der Waals surface area (Å²) in [6, 6.07) is 13.8. The second kappa shape index (κ2) is 6.86. The molecule has 0 fully saturated rings. The molecule has 0 aliphatic heterocycles. The fourth-order valence-electron chi connectivity index (χ4n) is 2.41. The van der Waals surface area contributed by atoms with E-state index in [1.807, 2.05) is 44.2 Å². The van der Waals surface area contributed by atoms with Crippen LogP contribution < -0.4 is 10.1 Å². The number of anilines is 1. The smallest absolute Gasteiger partial charge is 0.262 e. The van der Waals surface area contributed by atoms with Crippen LogP contribution in [0.15, 0.2) is 42.5 Å². The number of ether oxygens (including phenoxy) is 1. The van der Waals surface area contributed by atoms with Gasteiger partial charge in [0.15, 0.2) is 6.61 Å². The standard InChI is InChI=1S/C20H25NO2/c1-14-10-11-16(20(3,4)5)18(12-14)23-13-19(22)21-17-9-7-6-8-15(17)2/h6-12H,13H2,1-5H3,(H,21,22). The predicted octanol–water partition coefficient (Wildman–Crippen LogP) is 4.62. The molecule has 0 aromatic heterocycles. The molecule has 0 radical (unpaired) electrons. The average molecular weight is 311 g/mol. The van der Waals surface area contributed by atoms with E-state index in [9.17, 15) is 4.79 Å². The Morgan fingerprint density at radius 1 is 1.09 bits per heavy atom. The molecule has 0 spiro atoms. The second-order valence-electron chi connectivity index (χ2n) is 6.90. The van der Waals surface area contributed by atoms with Gasteiger partial charge in [-0.25, -0.2) is 0 Å². The van der Waals surface area contributed by atoms with Crippen LogP contribution >= 0.6 is 0 Å². The van der Waals surface area contributed by atoms with Gasteiger partial charge in [-0.05, 0) is 48.1 Å². The molecular weight excluding hydrogens is 286 g/mol. The minimum Gasteiger partial charge on any atom is -0.483 e. The van der Waals surface area contributed by atoms with Gasteiger partial charge in [-0.15, -0.1) is 0 Å². The Morgan fingerprint density at radius 2 is 1.78 bits per heavy atom. The lowest BCUT2D eigenvalue weighted by molar-refractivity contribution is -0.118. The molecule has 0 saturated heterocycles. The zero-order valence-corrected chi connectivity index (χ0v) is 14.6. The van der Waals surface area contributed by atoms with Crippen molar-refractivity contribution in [2.45, 2.75) is 40.0 Å².